The van der Waals surface area contributed by atoms with Gasteiger partial charge in [0.25, 0.3) is 25.7 Å². The van der Waals surface area contributed by atoms with Gasteiger partial charge in [-0.3, -0.25) is 24.5 Å². The lowest BCUT2D eigenvalue weighted by Gasteiger charge is -2.10. The molecule has 10 nitrogen and oxygen atoms in total. The summed E-state index contributed by atoms with van der Waals surface area (Å²) in [6.07, 6.45) is 2.84. The van der Waals surface area contributed by atoms with E-state index >= 15 is 0 Å². The first kappa shape index (κ1) is 20.2. The summed E-state index contributed by atoms with van der Waals surface area (Å²) in [4.78, 5) is 13.5. The summed E-state index contributed by atoms with van der Waals surface area (Å²) in [7, 11) is -8.15. The molecular formula is C17H14N4O6S2. The number of rotatable bonds is 7. The molecule has 29 heavy (non-hydrogen) atoms. The minimum absolute atomic E-state index is 0.0449. The second-order valence-electron chi connectivity index (χ2n) is 5.70. The molecule has 0 atom stereocenters. The fourth-order valence-corrected chi connectivity index (χ4v) is 4.66. The lowest BCUT2D eigenvalue weighted by atomic mass is 10.3. The van der Waals surface area contributed by atoms with Gasteiger partial charge in [0.1, 0.15) is 0 Å². The third-order valence-corrected chi connectivity index (χ3v) is 6.51. The van der Waals surface area contributed by atoms with Crippen molar-refractivity contribution in [2.45, 2.75) is 9.79 Å². The molecule has 1 heterocycles. The predicted molar refractivity (Wildman–Crippen MR) is 105 cm³/mol. The van der Waals surface area contributed by atoms with Gasteiger partial charge in [-0.1, -0.05) is 12.1 Å². The largest absolute Gasteiger partial charge is 0.289 e. The highest BCUT2D eigenvalue weighted by molar-refractivity contribution is 7.93. The van der Waals surface area contributed by atoms with Gasteiger partial charge in [-0.25, -0.2) is 16.8 Å². The van der Waals surface area contributed by atoms with Gasteiger partial charge >= 0.3 is 0 Å². The second kappa shape index (κ2) is 7.85. The zero-order valence-corrected chi connectivity index (χ0v) is 16.2. The van der Waals surface area contributed by atoms with Gasteiger partial charge in [0.05, 0.1) is 21.7 Å². The van der Waals surface area contributed by atoms with Crippen molar-refractivity contribution in [3.8, 4) is 0 Å². The molecule has 0 fully saturated rings. The summed E-state index contributed by atoms with van der Waals surface area (Å²) in [6, 6.07) is 12.9. The Hall–Kier alpha value is -3.51. The van der Waals surface area contributed by atoms with Crippen molar-refractivity contribution >= 4 is 37.1 Å². The Morgan fingerprint density at radius 2 is 1.45 bits per heavy atom. The molecule has 150 valence electrons. The van der Waals surface area contributed by atoms with Crippen molar-refractivity contribution in [2.75, 3.05) is 9.44 Å². The molecule has 0 spiro atoms. The summed E-state index contributed by atoms with van der Waals surface area (Å²) in [5.41, 5.74) is -0.253. The highest BCUT2D eigenvalue weighted by atomic mass is 32.2. The van der Waals surface area contributed by atoms with Crippen LogP contribution < -0.4 is 9.44 Å². The molecule has 0 aliphatic rings. The number of nitrogens with one attached hydrogen (secondary N) is 2. The van der Waals surface area contributed by atoms with E-state index in [4.69, 9.17) is 0 Å². The number of anilines is 2. The maximum absolute atomic E-state index is 12.5. The van der Waals surface area contributed by atoms with Gasteiger partial charge in [0.2, 0.25) is 0 Å². The standard InChI is InChI=1S/C17H14N4O6S2/c22-21(23)16-5-1-2-6-17(16)29(26,27)19-13-7-9-15(10-8-13)28(24,25)20-14-4-3-11-18-12-14/h1-12,19-20H. The predicted octanol–water partition coefficient (Wildman–Crippen LogP) is 2.59. The monoisotopic (exact) mass is 434 g/mol. The van der Waals surface area contributed by atoms with E-state index in [1.54, 1.807) is 6.07 Å². The summed E-state index contributed by atoms with van der Waals surface area (Å²) >= 11 is 0. The van der Waals surface area contributed by atoms with Gasteiger partial charge in [-0.15, -0.1) is 0 Å². The van der Waals surface area contributed by atoms with Crippen LogP contribution in [-0.2, 0) is 20.0 Å². The lowest BCUT2D eigenvalue weighted by molar-refractivity contribution is -0.387. The van der Waals surface area contributed by atoms with Crippen LogP contribution >= 0.6 is 0 Å². The van der Waals surface area contributed by atoms with Crippen molar-refractivity contribution in [3.05, 3.63) is 83.2 Å². The van der Waals surface area contributed by atoms with Gasteiger partial charge in [-0.05, 0) is 42.5 Å². The molecule has 0 bridgehead atoms. The number of para-hydroxylation sites is 1. The van der Waals surface area contributed by atoms with Crippen molar-refractivity contribution in [1.29, 1.82) is 0 Å². The number of nitrogens with zero attached hydrogens (tertiary/aromatic N) is 2. The molecule has 3 aromatic rings. The van der Waals surface area contributed by atoms with Crippen LogP contribution in [0.1, 0.15) is 0 Å². The summed E-state index contributed by atoms with van der Waals surface area (Å²) in [6.45, 7) is 0. The van der Waals surface area contributed by atoms with Crippen molar-refractivity contribution in [1.82, 2.24) is 4.98 Å². The molecule has 0 saturated carbocycles. The summed E-state index contributed by atoms with van der Waals surface area (Å²) in [5, 5.41) is 11.1. The van der Waals surface area contributed by atoms with Gasteiger partial charge in [-0.2, -0.15) is 0 Å². The topological polar surface area (TPSA) is 148 Å². The van der Waals surface area contributed by atoms with Crippen LogP contribution in [0.15, 0.2) is 82.8 Å². The Morgan fingerprint density at radius 1 is 0.793 bits per heavy atom. The summed E-state index contributed by atoms with van der Waals surface area (Å²) < 4.78 is 54.3. The first-order valence-electron chi connectivity index (χ1n) is 7.98. The Balaban J connectivity index is 1.83. The molecule has 0 unspecified atom stereocenters. The third kappa shape index (κ3) is 4.67. The molecule has 0 saturated heterocycles. The molecular weight excluding hydrogens is 420 g/mol. The van der Waals surface area contributed by atoms with Crippen LogP contribution in [0.5, 0.6) is 0 Å². The first-order valence-corrected chi connectivity index (χ1v) is 10.9. The number of nitro benzene ring substituents is 1. The maximum Gasteiger partial charge on any atom is 0.289 e. The number of hydrogen-bond donors (Lipinski definition) is 2. The number of hydrogen-bond acceptors (Lipinski definition) is 7. The molecule has 0 aliphatic heterocycles. The smallest absolute Gasteiger partial charge is 0.279 e. The van der Waals surface area contributed by atoms with E-state index in [2.05, 4.69) is 14.4 Å². The average Bonchev–Trinajstić information content (AvgIpc) is 2.68. The van der Waals surface area contributed by atoms with Crippen molar-refractivity contribution in [2.24, 2.45) is 0 Å². The second-order valence-corrected chi connectivity index (χ2v) is 9.04. The number of aromatic nitrogens is 1. The Morgan fingerprint density at radius 3 is 2.07 bits per heavy atom. The molecule has 0 aliphatic carbocycles. The highest BCUT2D eigenvalue weighted by Crippen LogP contribution is 2.26. The highest BCUT2D eigenvalue weighted by Gasteiger charge is 2.25. The Labute approximate surface area is 166 Å². The van der Waals surface area contributed by atoms with Crippen LogP contribution in [0.25, 0.3) is 0 Å². The van der Waals surface area contributed by atoms with Crippen LogP contribution in [-0.4, -0.2) is 26.7 Å². The summed E-state index contributed by atoms with van der Waals surface area (Å²) in [5.74, 6) is 0. The van der Waals surface area contributed by atoms with Gasteiger partial charge < -0.3 is 0 Å². The quantitative estimate of drug-likeness (QED) is 0.429. The number of nitro groups is 1. The maximum atomic E-state index is 12.5. The fourth-order valence-electron chi connectivity index (χ4n) is 2.38. The van der Waals surface area contributed by atoms with E-state index in [1.807, 2.05) is 0 Å². The number of benzene rings is 2. The van der Waals surface area contributed by atoms with Crippen LogP contribution in [0.2, 0.25) is 0 Å². The molecule has 0 amide bonds. The minimum Gasteiger partial charge on any atom is -0.279 e. The van der Waals surface area contributed by atoms with Gasteiger partial charge in [0.15, 0.2) is 4.90 Å². The van der Waals surface area contributed by atoms with E-state index in [0.29, 0.717) is 0 Å². The minimum atomic E-state index is -4.25. The van der Waals surface area contributed by atoms with Crippen LogP contribution in [0.3, 0.4) is 0 Å². The Bertz CT molecular complexity index is 1240. The van der Waals surface area contributed by atoms with E-state index in [-0.39, 0.29) is 16.3 Å². The van der Waals surface area contributed by atoms with E-state index < -0.39 is 35.6 Å². The molecule has 12 heteroatoms. The van der Waals surface area contributed by atoms with Crippen molar-refractivity contribution in [3.63, 3.8) is 0 Å². The zero-order valence-electron chi connectivity index (χ0n) is 14.6. The van der Waals surface area contributed by atoms with Crippen LogP contribution in [0, 0.1) is 10.1 Å². The fraction of sp³-hybridized carbons (Fsp3) is 0. The van der Waals surface area contributed by atoms with Gasteiger partial charge in [0, 0.05) is 18.0 Å². The molecule has 3 rings (SSSR count). The SMILES string of the molecule is O=[N+]([O-])c1ccccc1S(=O)(=O)Nc1ccc(S(=O)(=O)Nc2cccnc2)cc1. The molecule has 2 N–H and O–H groups in total. The molecule has 1 aromatic heterocycles. The molecule has 0 radical (unpaired) electrons. The molecule has 2 aromatic carbocycles. The third-order valence-electron chi connectivity index (χ3n) is 3.68. The number of sulfonamides is 2. The van der Waals surface area contributed by atoms with E-state index in [0.717, 1.165) is 12.1 Å². The normalized spacial score (nSPS) is 11.6. The average molecular weight is 434 g/mol. The number of pyridine rings is 1. The lowest BCUT2D eigenvalue weighted by Crippen LogP contribution is -2.15. The van der Waals surface area contributed by atoms with E-state index in [9.17, 15) is 26.9 Å². The Kier molecular flexibility index (Phi) is 5.48. The first-order chi connectivity index (χ1) is 13.7. The zero-order chi connectivity index (χ0) is 21.1. The van der Waals surface area contributed by atoms with Crippen molar-refractivity contribution < 1.29 is 21.8 Å². The van der Waals surface area contributed by atoms with E-state index in [1.165, 1.54) is 54.9 Å². The van der Waals surface area contributed by atoms with Crippen LogP contribution in [0.4, 0.5) is 17.1 Å².